The van der Waals surface area contributed by atoms with Crippen LogP contribution in [0.25, 0.3) is 5.76 Å². The van der Waals surface area contributed by atoms with Gasteiger partial charge in [-0.15, -0.1) is 0 Å². The van der Waals surface area contributed by atoms with E-state index in [1.807, 2.05) is 0 Å². The molecule has 1 aromatic rings. The molecule has 19 heavy (non-hydrogen) atoms. The Hall–Kier alpha value is -2.37. The molecule has 0 saturated carbocycles. The lowest BCUT2D eigenvalue weighted by molar-refractivity contribution is -0.111. The Kier molecular flexibility index (Phi) is 3.01. The Bertz CT molecular complexity index is 636. The van der Waals surface area contributed by atoms with E-state index in [2.05, 4.69) is 0 Å². The number of ether oxygens (including phenoxy) is 1. The Labute approximate surface area is 109 Å². The molecule has 1 aromatic heterocycles. The number of allylic oxidation sites excluding steroid dienone is 1. The number of esters is 1. The lowest BCUT2D eigenvalue weighted by Crippen LogP contribution is -2.21. The predicted octanol–water partition coefficient (Wildman–Crippen LogP) is 1.17. The van der Waals surface area contributed by atoms with Gasteiger partial charge in [-0.2, -0.15) is 0 Å². The quantitative estimate of drug-likeness (QED) is 0.639. The molecule has 6 nitrogen and oxygen atoms in total. The Morgan fingerprint density at radius 3 is 2.63 bits per heavy atom. The second-order valence-corrected chi connectivity index (χ2v) is 4.19. The molecule has 0 spiro atoms. The van der Waals surface area contributed by atoms with Crippen LogP contribution >= 0.6 is 0 Å². The molecule has 0 fully saturated rings. The van der Waals surface area contributed by atoms with Gasteiger partial charge in [-0.3, -0.25) is 9.59 Å². The first-order valence-corrected chi connectivity index (χ1v) is 5.76. The van der Waals surface area contributed by atoms with E-state index in [1.165, 1.54) is 4.57 Å². The van der Waals surface area contributed by atoms with Crippen LogP contribution in [0.3, 0.4) is 0 Å². The summed E-state index contributed by atoms with van der Waals surface area (Å²) < 4.78 is 6.39. The zero-order chi connectivity index (χ0) is 14.3. The minimum Gasteiger partial charge on any atom is -0.506 e. The van der Waals surface area contributed by atoms with Crippen molar-refractivity contribution in [1.82, 2.24) is 4.57 Å². The van der Waals surface area contributed by atoms with Crippen LogP contribution in [0.2, 0.25) is 0 Å². The number of nitrogens with zero attached hydrogens (tertiary/aromatic N) is 1. The van der Waals surface area contributed by atoms with Crippen molar-refractivity contribution in [1.29, 1.82) is 0 Å². The third-order valence-electron chi connectivity index (χ3n) is 3.13. The summed E-state index contributed by atoms with van der Waals surface area (Å²) in [5.74, 6) is -2.64. The molecular weight excluding hydrogens is 250 g/mol. The number of aromatic nitrogens is 1. The monoisotopic (exact) mass is 263 g/mol. The lowest BCUT2D eigenvalue weighted by atomic mass is 9.96. The molecule has 0 radical (unpaired) electrons. The van der Waals surface area contributed by atoms with Crippen molar-refractivity contribution in [3.63, 3.8) is 0 Å². The minimum atomic E-state index is -0.846. The van der Waals surface area contributed by atoms with Gasteiger partial charge in [0.2, 0.25) is 11.6 Å². The molecule has 0 unspecified atom stereocenters. The minimum absolute atomic E-state index is 0.0392. The van der Waals surface area contributed by atoms with Gasteiger partial charge in [-0.05, 0) is 13.8 Å². The van der Waals surface area contributed by atoms with Gasteiger partial charge in [-0.1, -0.05) is 0 Å². The average molecular weight is 263 g/mol. The highest BCUT2D eigenvalue weighted by Gasteiger charge is 2.36. The molecule has 100 valence electrons. The van der Waals surface area contributed by atoms with Crippen LogP contribution in [0.5, 0.6) is 0 Å². The van der Waals surface area contributed by atoms with Gasteiger partial charge in [0.1, 0.15) is 5.76 Å². The summed E-state index contributed by atoms with van der Waals surface area (Å²) >= 11 is 0. The van der Waals surface area contributed by atoms with Gasteiger partial charge in [0, 0.05) is 18.8 Å². The second-order valence-electron chi connectivity index (χ2n) is 4.19. The molecule has 0 amide bonds. The Morgan fingerprint density at radius 2 is 2.05 bits per heavy atom. The van der Waals surface area contributed by atoms with E-state index in [9.17, 15) is 19.5 Å². The average Bonchev–Trinajstić information content (AvgIpc) is 2.60. The number of aliphatic hydroxyl groups is 1. The first kappa shape index (κ1) is 13.1. The second kappa shape index (κ2) is 4.38. The van der Waals surface area contributed by atoms with E-state index in [-0.39, 0.29) is 29.2 Å². The summed E-state index contributed by atoms with van der Waals surface area (Å²) in [4.78, 5) is 35.3. The van der Waals surface area contributed by atoms with Gasteiger partial charge in [0.25, 0.3) is 0 Å². The van der Waals surface area contributed by atoms with Crippen molar-refractivity contribution < 1.29 is 24.2 Å². The van der Waals surface area contributed by atoms with E-state index in [1.54, 1.807) is 20.9 Å². The fourth-order valence-corrected chi connectivity index (χ4v) is 2.16. The SMILES string of the molecule is CCOC(=O)c1c2c(n(C)c1C)C(O)=CC(=O)C2=O. The summed E-state index contributed by atoms with van der Waals surface area (Å²) in [6, 6.07) is 0. The number of fused-ring (bicyclic) bond motifs is 1. The summed E-state index contributed by atoms with van der Waals surface area (Å²) in [6.45, 7) is 3.43. The van der Waals surface area contributed by atoms with Crippen LogP contribution in [0, 0.1) is 6.92 Å². The highest BCUT2D eigenvalue weighted by Crippen LogP contribution is 2.30. The largest absolute Gasteiger partial charge is 0.506 e. The number of Topliss-reactive ketones (excluding diaryl/α,β-unsaturated/α-hetero) is 1. The lowest BCUT2D eigenvalue weighted by Gasteiger charge is -2.10. The molecule has 1 N–H and O–H groups in total. The summed E-state index contributed by atoms with van der Waals surface area (Å²) in [7, 11) is 1.60. The van der Waals surface area contributed by atoms with Crippen LogP contribution in [0.15, 0.2) is 6.08 Å². The van der Waals surface area contributed by atoms with E-state index < -0.39 is 17.5 Å². The third-order valence-corrected chi connectivity index (χ3v) is 3.13. The zero-order valence-corrected chi connectivity index (χ0v) is 10.8. The number of ketones is 2. The van der Waals surface area contributed by atoms with Gasteiger partial charge < -0.3 is 14.4 Å². The smallest absolute Gasteiger partial charge is 0.340 e. The van der Waals surface area contributed by atoms with Crippen molar-refractivity contribution in [2.75, 3.05) is 6.61 Å². The molecule has 1 aliphatic rings. The maximum atomic E-state index is 11.9. The van der Waals surface area contributed by atoms with E-state index in [4.69, 9.17) is 4.74 Å². The number of hydrogen-bond donors (Lipinski definition) is 1. The summed E-state index contributed by atoms with van der Waals surface area (Å²) in [5.41, 5.74) is 0.595. The van der Waals surface area contributed by atoms with Crippen LogP contribution < -0.4 is 0 Å². The third kappa shape index (κ3) is 1.76. The Morgan fingerprint density at radius 1 is 1.42 bits per heavy atom. The maximum Gasteiger partial charge on any atom is 0.340 e. The zero-order valence-electron chi connectivity index (χ0n) is 10.8. The van der Waals surface area contributed by atoms with Gasteiger partial charge >= 0.3 is 5.97 Å². The number of carbonyl (C=O) groups excluding carboxylic acids is 3. The van der Waals surface area contributed by atoms with Crippen LogP contribution in [0.1, 0.15) is 39.0 Å². The number of carbonyl (C=O) groups is 3. The molecule has 0 aliphatic heterocycles. The molecule has 0 bridgehead atoms. The molecular formula is C13H13NO5. The molecule has 0 saturated heterocycles. The normalized spacial score (nSPS) is 14.2. The topological polar surface area (TPSA) is 85.6 Å². The molecule has 2 rings (SSSR count). The van der Waals surface area contributed by atoms with Crippen LogP contribution in [-0.4, -0.2) is 33.8 Å². The molecule has 1 aliphatic carbocycles. The van der Waals surface area contributed by atoms with Gasteiger partial charge in [-0.25, -0.2) is 4.79 Å². The van der Waals surface area contributed by atoms with E-state index >= 15 is 0 Å². The standard InChI is InChI=1S/C13H13NO5/c1-4-19-13(18)9-6(2)14(3)11-7(15)5-8(16)12(17)10(9)11/h5,15H,4H2,1-3H3. The Balaban J connectivity index is 2.76. The van der Waals surface area contributed by atoms with Crippen LogP contribution in [0.4, 0.5) is 0 Å². The number of hydrogen-bond acceptors (Lipinski definition) is 5. The van der Waals surface area contributed by atoms with Gasteiger partial charge in [0.15, 0.2) is 0 Å². The van der Waals surface area contributed by atoms with Crippen molar-refractivity contribution in [3.8, 4) is 0 Å². The first-order chi connectivity index (χ1) is 8.90. The van der Waals surface area contributed by atoms with Crippen molar-refractivity contribution in [2.24, 2.45) is 7.05 Å². The maximum absolute atomic E-state index is 11.9. The van der Waals surface area contributed by atoms with E-state index in [0.29, 0.717) is 5.69 Å². The molecule has 1 heterocycles. The highest BCUT2D eigenvalue weighted by atomic mass is 16.5. The number of aliphatic hydroxyl groups excluding tert-OH is 1. The summed E-state index contributed by atoms with van der Waals surface area (Å²) in [6.07, 6.45) is 0.860. The van der Waals surface area contributed by atoms with Crippen molar-refractivity contribution in [2.45, 2.75) is 13.8 Å². The van der Waals surface area contributed by atoms with Crippen molar-refractivity contribution >= 4 is 23.3 Å². The van der Waals surface area contributed by atoms with Gasteiger partial charge in [0.05, 0.1) is 23.4 Å². The molecule has 0 aromatic carbocycles. The predicted molar refractivity (Wildman–Crippen MR) is 66.0 cm³/mol. The molecule has 0 atom stereocenters. The number of rotatable bonds is 2. The fraction of sp³-hybridized carbons (Fsp3) is 0.308. The molecule has 6 heteroatoms. The first-order valence-electron chi connectivity index (χ1n) is 5.76. The fourth-order valence-electron chi connectivity index (χ4n) is 2.16. The van der Waals surface area contributed by atoms with Crippen LogP contribution in [-0.2, 0) is 16.6 Å². The summed E-state index contributed by atoms with van der Waals surface area (Å²) in [5, 5.41) is 9.79. The van der Waals surface area contributed by atoms with E-state index in [0.717, 1.165) is 6.08 Å². The van der Waals surface area contributed by atoms with Crippen molar-refractivity contribution in [3.05, 3.63) is 28.6 Å². The highest BCUT2D eigenvalue weighted by molar-refractivity contribution is 6.51.